The average molecular weight is 361 g/mol. The molecule has 0 spiro atoms. The first-order chi connectivity index (χ1) is 13.0. The summed E-state index contributed by atoms with van der Waals surface area (Å²) in [6.45, 7) is 6.67. The lowest BCUT2D eigenvalue weighted by Gasteiger charge is -2.18. The van der Waals surface area contributed by atoms with Crippen molar-refractivity contribution in [1.82, 2.24) is 9.97 Å². The Balaban J connectivity index is 1.71. The number of methoxy groups -OCH3 is 1. The number of amides is 1. The molecular formula is C22H23N3O2. The average Bonchev–Trinajstić information content (AvgIpc) is 3.25. The van der Waals surface area contributed by atoms with Gasteiger partial charge in [-0.2, -0.15) is 0 Å². The van der Waals surface area contributed by atoms with Gasteiger partial charge in [0.15, 0.2) is 0 Å². The van der Waals surface area contributed by atoms with Gasteiger partial charge in [-0.3, -0.25) is 4.79 Å². The van der Waals surface area contributed by atoms with Crippen LogP contribution in [0.2, 0.25) is 0 Å². The number of aromatic nitrogens is 2. The lowest BCUT2D eigenvalue weighted by Crippen LogP contribution is -2.35. The van der Waals surface area contributed by atoms with E-state index < -0.39 is 5.41 Å². The number of benzene rings is 2. The van der Waals surface area contributed by atoms with Gasteiger partial charge in [0, 0.05) is 23.4 Å². The number of anilines is 1. The number of likely N-dealkylation sites (N-methyl/N-ethyl adjacent to an activating group) is 1. The van der Waals surface area contributed by atoms with E-state index in [1.807, 2.05) is 68.3 Å². The largest absolute Gasteiger partial charge is 0.497 e. The summed E-state index contributed by atoms with van der Waals surface area (Å²) in [7, 11) is 1.65. The normalized spacial score (nSPS) is 15.1. The third-order valence-corrected chi connectivity index (χ3v) is 5.31. The molecule has 0 unspecified atom stereocenters. The van der Waals surface area contributed by atoms with E-state index in [4.69, 9.17) is 4.74 Å². The minimum atomic E-state index is -0.514. The van der Waals surface area contributed by atoms with E-state index >= 15 is 0 Å². The first-order valence-electron chi connectivity index (χ1n) is 9.12. The summed E-state index contributed by atoms with van der Waals surface area (Å²) in [5.41, 5.74) is 4.51. The number of H-pyrrole nitrogens is 1. The molecule has 0 radical (unpaired) electrons. The van der Waals surface area contributed by atoms with Crippen molar-refractivity contribution in [2.45, 2.75) is 26.2 Å². The Morgan fingerprint density at radius 3 is 2.48 bits per heavy atom. The first kappa shape index (κ1) is 17.3. The van der Waals surface area contributed by atoms with E-state index in [1.165, 1.54) is 0 Å². The quantitative estimate of drug-likeness (QED) is 0.749. The van der Waals surface area contributed by atoms with Gasteiger partial charge in [-0.15, -0.1) is 0 Å². The van der Waals surface area contributed by atoms with Gasteiger partial charge in [0.2, 0.25) is 5.91 Å². The number of imidazole rings is 1. The highest BCUT2D eigenvalue weighted by Crippen LogP contribution is 2.43. The number of nitrogens with zero attached hydrogens (tertiary/aromatic N) is 2. The van der Waals surface area contributed by atoms with Crippen LogP contribution in [-0.2, 0) is 10.2 Å². The Labute approximate surface area is 159 Å². The highest BCUT2D eigenvalue weighted by Gasteiger charge is 2.43. The number of ether oxygens (including phenoxy) is 1. The molecule has 1 aliphatic heterocycles. The molecule has 5 nitrogen and oxygen atoms in total. The van der Waals surface area contributed by atoms with Crippen LogP contribution >= 0.6 is 0 Å². The fraction of sp³-hybridized carbons (Fsp3) is 0.273. The molecule has 1 amide bonds. The van der Waals surface area contributed by atoms with E-state index in [-0.39, 0.29) is 5.91 Å². The Morgan fingerprint density at radius 2 is 1.81 bits per heavy atom. The van der Waals surface area contributed by atoms with Gasteiger partial charge in [0.1, 0.15) is 11.6 Å². The van der Waals surface area contributed by atoms with Gasteiger partial charge in [-0.25, -0.2) is 4.98 Å². The van der Waals surface area contributed by atoms with E-state index in [0.717, 1.165) is 39.6 Å². The van der Waals surface area contributed by atoms with Gasteiger partial charge < -0.3 is 14.6 Å². The van der Waals surface area contributed by atoms with Gasteiger partial charge in [-0.05, 0) is 62.7 Å². The summed E-state index contributed by atoms with van der Waals surface area (Å²) in [5, 5.41) is 0. The summed E-state index contributed by atoms with van der Waals surface area (Å²) in [6.07, 6.45) is 1.84. The van der Waals surface area contributed by atoms with Crippen LogP contribution in [0.1, 0.15) is 26.3 Å². The lowest BCUT2D eigenvalue weighted by molar-refractivity contribution is -0.122. The molecule has 5 heteroatoms. The summed E-state index contributed by atoms with van der Waals surface area (Å²) >= 11 is 0. The highest BCUT2D eigenvalue weighted by molar-refractivity contribution is 6.08. The molecule has 0 saturated carbocycles. The topological polar surface area (TPSA) is 58.2 Å². The smallest absolute Gasteiger partial charge is 0.237 e. The lowest BCUT2D eigenvalue weighted by atomic mass is 9.85. The van der Waals surface area contributed by atoms with Crippen molar-refractivity contribution in [2.75, 3.05) is 18.6 Å². The molecule has 138 valence electrons. The second-order valence-corrected chi connectivity index (χ2v) is 7.28. The summed E-state index contributed by atoms with van der Waals surface area (Å²) in [5.74, 6) is 1.77. The number of rotatable bonds is 4. The molecule has 0 saturated heterocycles. The van der Waals surface area contributed by atoms with Gasteiger partial charge in [0.25, 0.3) is 0 Å². The maximum atomic E-state index is 12.7. The number of nitrogens with one attached hydrogen (secondary N) is 1. The fourth-order valence-corrected chi connectivity index (χ4v) is 3.68. The van der Waals surface area contributed by atoms with Crippen LogP contribution in [0.25, 0.3) is 22.6 Å². The molecule has 4 rings (SSSR count). The molecule has 1 aliphatic rings. The Morgan fingerprint density at radius 1 is 1.11 bits per heavy atom. The van der Waals surface area contributed by atoms with Crippen LogP contribution in [0.15, 0.2) is 48.7 Å². The van der Waals surface area contributed by atoms with E-state index in [2.05, 4.69) is 16.0 Å². The predicted octanol–water partition coefficient (Wildman–Crippen LogP) is 4.40. The molecule has 0 atom stereocenters. The number of hydrogen-bond acceptors (Lipinski definition) is 3. The molecule has 0 fully saturated rings. The number of fused-ring (bicyclic) bond motifs is 1. The molecule has 3 aromatic rings. The molecule has 2 aromatic carbocycles. The molecular weight excluding hydrogens is 338 g/mol. The minimum Gasteiger partial charge on any atom is -0.497 e. The van der Waals surface area contributed by atoms with Crippen LogP contribution in [0.5, 0.6) is 5.75 Å². The van der Waals surface area contributed by atoms with E-state index in [0.29, 0.717) is 6.54 Å². The second-order valence-electron chi connectivity index (χ2n) is 7.28. The molecule has 1 aromatic heterocycles. The van der Waals surface area contributed by atoms with Crippen molar-refractivity contribution in [2.24, 2.45) is 0 Å². The van der Waals surface area contributed by atoms with Crippen molar-refractivity contribution >= 4 is 11.6 Å². The molecule has 1 N–H and O–H groups in total. The Hall–Kier alpha value is -3.08. The third kappa shape index (κ3) is 2.70. The van der Waals surface area contributed by atoms with Crippen molar-refractivity contribution in [3.63, 3.8) is 0 Å². The standard InChI is InChI=1S/C22H23N3O2/c1-5-25-19-11-8-15(12-17(19)22(2,3)21(25)26)18-13-23-20(24-18)14-6-9-16(27-4)10-7-14/h6-13H,5H2,1-4H3,(H,23,24). The highest BCUT2D eigenvalue weighted by atomic mass is 16.5. The first-order valence-corrected chi connectivity index (χ1v) is 9.12. The minimum absolute atomic E-state index is 0.153. The molecule has 27 heavy (non-hydrogen) atoms. The van der Waals surface area contributed by atoms with Crippen molar-refractivity contribution < 1.29 is 9.53 Å². The summed E-state index contributed by atoms with van der Waals surface area (Å²) < 4.78 is 5.21. The zero-order valence-electron chi connectivity index (χ0n) is 16.0. The van der Waals surface area contributed by atoms with E-state index in [1.54, 1.807) is 7.11 Å². The number of carbonyl (C=O) groups excluding carboxylic acids is 1. The van der Waals surface area contributed by atoms with E-state index in [9.17, 15) is 4.79 Å². The van der Waals surface area contributed by atoms with Crippen LogP contribution < -0.4 is 9.64 Å². The van der Waals surface area contributed by atoms with Crippen LogP contribution in [0.3, 0.4) is 0 Å². The number of aromatic amines is 1. The number of hydrogen-bond donors (Lipinski definition) is 1. The van der Waals surface area contributed by atoms with Gasteiger partial charge in [0.05, 0.1) is 24.4 Å². The van der Waals surface area contributed by atoms with Crippen molar-refractivity contribution in [3.05, 3.63) is 54.2 Å². The Kier molecular flexibility index (Phi) is 4.02. The fourth-order valence-electron chi connectivity index (χ4n) is 3.68. The predicted molar refractivity (Wildman–Crippen MR) is 107 cm³/mol. The van der Waals surface area contributed by atoms with Crippen molar-refractivity contribution in [1.29, 1.82) is 0 Å². The second kappa shape index (κ2) is 6.27. The summed E-state index contributed by atoms with van der Waals surface area (Å²) in [4.78, 5) is 22.5. The zero-order chi connectivity index (χ0) is 19.2. The van der Waals surface area contributed by atoms with Crippen LogP contribution in [-0.4, -0.2) is 29.5 Å². The third-order valence-electron chi connectivity index (χ3n) is 5.31. The molecule has 0 bridgehead atoms. The summed E-state index contributed by atoms with van der Waals surface area (Å²) in [6, 6.07) is 14.0. The maximum absolute atomic E-state index is 12.7. The van der Waals surface area contributed by atoms with Gasteiger partial charge >= 0.3 is 0 Å². The monoisotopic (exact) mass is 361 g/mol. The van der Waals surface area contributed by atoms with Crippen LogP contribution in [0, 0.1) is 0 Å². The van der Waals surface area contributed by atoms with Gasteiger partial charge in [-0.1, -0.05) is 6.07 Å². The zero-order valence-corrected chi connectivity index (χ0v) is 16.0. The number of carbonyl (C=O) groups is 1. The van der Waals surface area contributed by atoms with Crippen molar-refractivity contribution in [3.8, 4) is 28.4 Å². The molecule has 0 aliphatic carbocycles. The SMILES string of the molecule is CCN1C(=O)C(C)(C)c2cc(-c3cnc(-c4ccc(OC)cc4)[nH]3)ccc21. The van der Waals surface area contributed by atoms with Crippen LogP contribution in [0.4, 0.5) is 5.69 Å². The Bertz CT molecular complexity index is 1000. The maximum Gasteiger partial charge on any atom is 0.237 e. The molecule has 2 heterocycles.